The van der Waals surface area contributed by atoms with Crippen LogP contribution in [0.25, 0.3) is 16.6 Å². The van der Waals surface area contributed by atoms with Crippen LogP contribution < -0.4 is 16.6 Å². The van der Waals surface area contributed by atoms with E-state index in [4.69, 9.17) is 17.3 Å². The van der Waals surface area contributed by atoms with Gasteiger partial charge >= 0.3 is 6.03 Å². The molecule has 9 heteroatoms. The second-order valence-electron chi connectivity index (χ2n) is 5.68. The smallest absolute Gasteiger partial charge is 0.318 e. The summed E-state index contributed by atoms with van der Waals surface area (Å²) in [7, 11) is 0. The quantitative estimate of drug-likeness (QED) is 0.515. The summed E-state index contributed by atoms with van der Waals surface area (Å²) in [6.07, 6.45) is 0. The Hall–Kier alpha value is -2.84. The minimum atomic E-state index is -0.935. The molecule has 3 rings (SSSR count). The Morgan fingerprint density at radius 3 is 2.70 bits per heavy atom. The summed E-state index contributed by atoms with van der Waals surface area (Å²) >= 11 is 7.04. The number of thioether (sulfide) groups is 1. The van der Waals surface area contributed by atoms with E-state index in [1.165, 1.54) is 4.57 Å². The van der Waals surface area contributed by atoms with Gasteiger partial charge in [-0.3, -0.25) is 19.5 Å². The van der Waals surface area contributed by atoms with Crippen molar-refractivity contribution in [3.63, 3.8) is 0 Å². The van der Waals surface area contributed by atoms with Gasteiger partial charge in [0, 0.05) is 5.02 Å². The minimum absolute atomic E-state index is 0.132. The molecular weight excluding hydrogens is 388 g/mol. The molecule has 0 unspecified atom stereocenters. The van der Waals surface area contributed by atoms with Gasteiger partial charge in [0.15, 0.2) is 5.16 Å². The summed E-state index contributed by atoms with van der Waals surface area (Å²) in [5.41, 5.74) is 6.63. The number of fused-ring (bicyclic) bond motifs is 1. The second-order valence-corrected chi connectivity index (χ2v) is 7.06. The van der Waals surface area contributed by atoms with Crippen molar-refractivity contribution in [3.05, 3.63) is 63.4 Å². The maximum absolute atomic E-state index is 13.1. The minimum Gasteiger partial charge on any atom is -0.351 e. The third-order valence-electron chi connectivity index (χ3n) is 3.75. The molecular formula is C18H15ClN4O3S. The zero-order chi connectivity index (χ0) is 19.6. The van der Waals surface area contributed by atoms with Crippen molar-refractivity contribution in [2.45, 2.75) is 12.1 Å². The van der Waals surface area contributed by atoms with Crippen molar-refractivity contribution in [3.8, 4) is 5.69 Å². The molecule has 0 atom stereocenters. The highest BCUT2D eigenvalue weighted by atomic mass is 35.5. The van der Waals surface area contributed by atoms with E-state index in [0.717, 1.165) is 17.3 Å². The molecule has 0 bridgehead atoms. The molecule has 3 N–H and O–H groups in total. The molecule has 0 fully saturated rings. The van der Waals surface area contributed by atoms with Gasteiger partial charge in [-0.25, -0.2) is 9.78 Å². The molecule has 0 radical (unpaired) electrons. The van der Waals surface area contributed by atoms with Crippen LogP contribution in [-0.2, 0) is 4.79 Å². The van der Waals surface area contributed by atoms with Crippen LogP contribution in [0.5, 0.6) is 0 Å². The van der Waals surface area contributed by atoms with Crippen LogP contribution in [0.15, 0.2) is 52.4 Å². The summed E-state index contributed by atoms with van der Waals surface area (Å²) in [5.74, 6) is -0.711. The van der Waals surface area contributed by atoms with Crippen LogP contribution in [-0.4, -0.2) is 27.2 Å². The predicted octanol–water partition coefficient (Wildman–Crippen LogP) is 2.63. The van der Waals surface area contributed by atoms with E-state index in [1.807, 2.05) is 30.4 Å². The summed E-state index contributed by atoms with van der Waals surface area (Å²) in [4.78, 5) is 40.2. The van der Waals surface area contributed by atoms with Crippen molar-refractivity contribution in [2.75, 3.05) is 5.75 Å². The van der Waals surface area contributed by atoms with Gasteiger partial charge in [-0.2, -0.15) is 0 Å². The highest BCUT2D eigenvalue weighted by molar-refractivity contribution is 7.99. The van der Waals surface area contributed by atoms with Crippen molar-refractivity contribution in [2.24, 2.45) is 5.73 Å². The number of nitrogens with two attached hydrogens (primary N) is 1. The molecule has 27 heavy (non-hydrogen) atoms. The van der Waals surface area contributed by atoms with E-state index in [2.05, 4.69) is 4.98 Å². The third kappa shape index (κ3) is 4.12. The van der Waals surface area contributed by atoms with Gasteiger partial charge in [0.25, 0.3) is 5.56 Å². The molecule has 0 aliphatic carbocycles. The lowest BCUT2D eigenvalue weighted by atomic mass is 10.2. The third-order valence-corrected chi connectivity index (χ3v) is 4.93. The number of nitrogens with zero attached hydrogens (tertiary/aromatic N) is 2. The lowest BCUT2D eigenvalue weighted by molar-refractivity contribution is -0.117. The molecule has 0 aliphatic rings. The molecule has 2 aromatic carbocycles. The van der Waals surface area contributed by atoms with Gasteiger partial charge in [-0.05, 0) is 36.8 Å². The number of hydrogen-bond acceptors (Lipinski definition) is 5. The van der Waals surface area contributed by atoms with Crippen LogP contribution >= 0.6 is 23.4 Å². The van der Waals surface area contributed by atoms with Gasteiger partial charge in [0.2, 0.25) is 5.91 Å². The van der Waals surface area contributed by atoms with E-state index in [0.29, 0.717) is 26.8 Å². The molecule has 0 saturated carbocycles. The van der Waals surface area contributed by atoms with Crippen LogP contribution in [0.4, 0.5) is 4.79 Å². The standard InChI is InChI=1S/C18H15ClN4O3S/c1-10-4-2-3-5-14(10)23-16(25)12-7-6-11(19)8-13(12)21-18(23)27-9-15(24)22-17(20)26/h2-8H,9H2,1H3,(H3,20,22,24,26). The number of primary amides is 1. The monoisotopic (exact) mass is 402 g/mol. The van der Waals surface area contributed by atoms with Gasteiger partial charge in [0.1, 0.15) is 0 Å². The number of para-hydroxylation sites is 1. The number of aryl methyl sites for hydroxylation is 1. The first kappa shape index (κ1) is 18.9. The summed E-state index contributed by atoms with van der Waals surface area (Å²) in [5, 5.41) is 3.16. The van der Waals surface area contributed by atoms with Crippen molar-refractivity contribution in [1.29, 1.82) is 0 Å². The Morgan fingerprint density at radius 2 is 2.00 bits per heavy atom. The molecule has 1 aromatic heterocycles. The van der Waals surface area contributed by atoms with Crippen molar-refractivity contribution in [1.82, 2.24) is 14.9 Å². The molecule has 1 heterocycles. The number of carbonyl (C=O) groups excluding carboxylic acids is 2. The van der Waals surface area contributed by atoms with Crippen LogP contribution in [0, 0.1) is 6.92 Å². The number of nitrogens with one attached hydrogen (secondary N) is 1. The average molecular weight is 403 g/mol. The largest absolute Gasteiger partial charge is 0.351 e. The van der Waals surface area contributed by atoms with E-state index in [9.17, 15) is 14.4 Å². The topological polar surface area (TPSA) is 107 Å². The Bertz CT molecular complexity index is 1110. The number of hydrogen-bond donors (Lipinski definition) is 2. The number of amides is 3. The first-order valence-corrected chi connectivity index (χ1v) is 9.23. The highest BCUT2D eigenvalue weighted by Crippen LogP contribution is 2.24. The Kier molecular flexibility index (Phi) is 5.48. The Balaban J connectivity index is 2.15. The number of carbonyl (C=O) groups is 2. The van der Waals surface area contributed by atoms with Crippen molar-refractivity contribution < 1.29 is 9.59 Å². The molecule has 0 aliphatic heterocycles. The van der Waals surface area contributed by atoms with E-state index >= 15 is 0 Å². The van der Waals surface area contributed by atoms with Crippen LogP contribution in [0.2, 0.25) is 5.02 Å². The van der Waals surface area contributed by atoms with Gasteiger partial charge < -0.3 is 5.73 Å². The predicted molar refractivity (Wildman–Crippen MR) is 106 cm³/mol. The number of imide groups is 1. The maximum Gasteiger partial charge on any atom is 0.318 e. The molecule has 0 spiro atoms. The van der Waals surface area contributed by atoms with Gasteiger partial charge in [0.05, 0.1) is 22.3 Å². The molecule has 3 amide bonds. The number of urea groups is 1. The highest BCUT2D eigenvalue weighted by Gasteiger charge is 2.16. The normalized spacial score (nSPS) is 10.7. The number of rotatable bonds is 4. The molecule has 0 saturated heterocycles. The first-order valence-electron chi connectivity index (χ1n) is 7.87. The number of benzene rings is 2. The first-order chi connectivity index (χ1) is 12.9. The van der Waals surface area contributed by atoms with Crippen LogP contribution in [0.1, 0.15) is 5.56 Å². The zero-order valence-corrected chi connectivity index (χ0v) is 15.8. The fourth-order valence-corrected chi connectivity index (χ4v) is 3.54. The fourth-order valence-electron chi connectivity index (χ4n) is 2.57. The number of halogens is 1. The van der Waals surface area contributed by atoms with Gasteiger partial charge in [-0.1, -0.05) is 41.6 Å². The number of aromatic nitrogens is 2. The van der Waals surface area contributed by atoms with E-state index < -0.39 is 11.9 Å². The lowest BCUT2D eigenvalue weighted by Gasteiger charge is -2.15. The lowest BCUT2D eigenvalue weighted by Crippen LogP contribution is -2.36. The summed E-state index contributed by atoms with van der Waals surface area (Å²) < 4.78 is 1.45. The molecule has 3 aromatic rings. The summed E-state index contributed by atoms with van der Waals surface area (Å²) in [6.45, 7) is 1.88. The molecule has 138 valence electrons. The van der Waals surface area contributed by atoms with E-state index in [-0.39, 0.29) is 11.3 Å². The second kappa shape index (κ2) is 7.81. The van der Waals surface area contributed by atoms with Crippen molar-refractivity contribution >= 4 is 46.2 Å². The van der Waals surface area contributed by atoms with Gasteiger partial charge in [-0.15, -0.1) is 0 Å². The maximum atomic E-state index is 13.1. The van der Waals surface area contributed by atoms with E-state index in [1.54, 1.807) is 24.3 Å². The fraction of sp³-hybridized carbons (Fsp3) is 0.111. The SMILES string of the molecule is Cc1ccccc1-n1c(SCC(=O)NC(N)=O)nc2cc(Cl)ccc2c1=O. The summed E-state index contributed by atoms with van der Waals surface area (Å²) in [6, 6.07) is 11.3. The molecule has 7 nitrogen and oxygen atoms in total. The Labute approximate surface area is 163 Å². The Morgan fingerprint density at radius 1 is 1.26 bits per heavy atom. The average Bonchev–Trinajstić information content (AvgIpc) is 2.60. The zero-order valence-electron chi connectivity index (χ0n) is 14.2. The van der Waals surface area contributed by atoms with Crippen LogP contribution in [0.3, 0.4) is 0 Å².